The third kappa shape index (κ3) is 11.2. The summed E-state index contributed by atoms with van der Waals surface area (Å²) in [6, 6.07) is 0.215. The number of unbranched alkanes of at least 4 members (excludes halogenated alkanes) is 4. The zero-order valence-electron chi connectivity index (χ0n) is 19.9. The molecule has 1 rings (SSSR count). The molecule has 0 heterocycles. The highest BCUT2D eigenvalue weighted by Crippen LogP contribution is 2.34. The van der Waals surface area contributed by atoms with Crippen LogP contribution in [0, 0.1) is 11.8 Å². The molecule has 170 valence electrons. The molecule has 29 heavy (non-hydrogen) atoms. The second-order valence-electron chi connectivity index (χ2n) is 9.72. The predicted octanol–water partition coefficient (Wildman–Crippen LogP) is 6.34. The predicted molar refractivity (Wildman–Crippen MR) is 128 cm³/mol. The van der Waals surface area contributed by atoms with Crippen molar-refractivity contribution in [2.75, 3.05) is 13.2 Å². The third-order valence-corrected chi connectivity index (χ3v) is 6.67. The highest BCUT2D eigenvalue weighted by Gasteiger charge is 2.32. The fraction of sp³-hybridized carbons (Fsp3) is 0.846. The van der Waals surface area contributed by atoms with E-state index in [1.807, 2.05) is 6.08 Å². The first kappa shape index (κ1) is 26.2. The molecular formula is C26H50N2O. The summed E-state index contributed by atoms with van der Waals surface area (Å²) in [6.07, 6.45) is 19.1. The van der Waals surface area contributed by atoms with Gasteiger partial charge in [0.1, 0.15) is 0 Å². The van der Waals surface area contributed by atoms with Crippen molar-refractivity contribution in [1.29, 1.82) is 0 Å². The minimum absolute atomic E-state index is 0.108. The fourth-order valence-corrected chi connectivity index (χ4v) is 5.04. The number of rotatable bonds is 14. The van der Waals surface area contributed by atoms with Crippen LogP contribution in [0.3, 0.4) is 0 Å². The van der Waals surface area contributed by atoms with Crippen molar-refractivity contribution >= 4 is 0 Å². The van der Waals surface area contributed by atoms with Gasteiger partial charge in [-0.2, -0.15) is 0 Å². The van der Waals surface area contributed by atoms with E-state index < -0.39 is 0 Å². The molecular weight excluding hydrogens is 356 g/mol. The van der Waals surface area contributed by atoms with Crippen molar-refractivity contribution in [2.24, 2.45) is 11.8 Å². The van der Waals surface area contributed by atoms with Gasteiger partial charge in [0, 0.05) is 17.8 Å². The number of aliphatic hydroxyl groups is 1. The smallest absolute Gasteiger partial charge is 0.0612 e. The van der Waals surface area contributed by atoms with E-state index >= 15 is 0 Å². The summed E-state index contributed by atoms with van der Waals surface area (Å²) < 4.78 is 0. The molecule has 0 saturated heterocycles. The van der Waals surface area contributed by atoms with Crippen LogP contribution in [0.5, 0.6) is 0 Å². The molecule has 4 atom stereocenters. The van der Waals surface area contributed by atoms with Crippen molar-refractivity contribution in [2.45, 2.75) is 116 Å². The summed E-state index contributed by atoms with van der Waals surface area (Å²) in [4.78, 5) is 0. The Labute approximate surface area is 181 Å². The average Bonchev–Trinajstić information content (AvgIpc) is 2.67. The molecule has 1 aliphatic rings. The lowest BCUT2D eigenvalue weighted by Crippen LogP contribution is -2.51. The van der Waals surface area contributed by atoms with E-state index in [1.165, 1.54) is 70.6 Å². The highest BCUT2D eigenvalue weighted by atomic mass is 16.2. The summed E-state index contributed by atoms with van der Waals surface area (Å²) in [5.41, 5.74) is 1.26. The Morgan fingerprint density at radius 1 is 1.21 bits per heavy atom. The van der Waals surface area contributed by atoms with Crippen LogP contribution in [0.25, 0.3) is 0 Å². The maximum absolute atomic E-state index is 9.14. The third-order valence-electron chi connectivity index (χ3n) is 6.67. The molecule has 1 saturated carbocycles. The minimum Gasteiger partial charge on any atom is -0.392 e. The first-order valence-corrected chi connectivity index (χ1v) is 12.4. The number of hydrogen-bond donors (Lipinski definition) is 3. The Kier molecular flexibility index (Phi) is 13.6. The van der Waals surface area contributed by atoms with E-state index in [1.54, 1.807) is 0 Å². The summed E-state index contributed by atoms with van der Waals surface area (Å²) in [7, 11) is 0. The first-order chi connectivity index (χ1) is 13.9. The molecule has 1 fully saturated rings. The van der Waals surface area contributed by atoms with Gasteiger partial charge in [-0.25, -0.2) is 0 Å². The van der Waals surface area contributed by atoms with E-state index in [4.69, 9.17) is 5.11 Å². The van der Waals surface area contributed by atoms with E-state index in [2.05, 4.69) is 51.0 Å². The van der Waals surface area contributed by atoms with Crippen molar-refractivity contribution in [3.63, 3.8) is 0 Å². The van der Waals surface area contributed by atoms with Gasteiger partial charge in [0.2, 0.25) is 0 Å². The van der Waals surface area contributed by atoms with Crippen LogP contribution in [0.2, 0.25) is 0 Å². The summed E-state index contributed by atoms with van der Waals surface area (Å²) in [5.74, 6) is 1.66. The van der Waals surface area contributed by atoms with Gasteiger partial charge < -0.3 is 15.7 Å². The molecule has 0 spiro atoms. The molecule has 0 aliphatic heterocycles. The topological polar surface area (TPSA) is 44.3 Å². The van der Waals surface area contributed by atoms with Gasteiger partial charge in [-0.15, -0.1) is 0 Å². The van der Waals surface area contributed by atoms with Gasteiger partial charge in [-0.05, 0) is 50.9 Å². The van der Waals surface area contributed by atoms with Gasteiger partial charge in [-0.1, -0.05) is 84.4 Å². The Morgan fingerprint density at radius 3 is 2.66 bits per heavy atom. The normalized spacial score (nSPS) is 26.8. The van der Waals surface area contributed by atoms with Crippen molar-refractivity contribution in [3.8, 4) is 0 Å². The quantitative estimate of drug-likeness (QED) is 0.233. The SMILES string of the molecule is C=C(NCCCCCCC)C(C/C=C/CO)NC1(C)CCCC(CC)CC(C)C1. The van der Waals surface area contributed by atoms with Crippen LogP contribution >= 0.6 is 0 Å². The minimum atomic E-state index is 0.108. The van der Waals surface area contributed by atoms with Crippen molar-refractivity contribution < 1.29 is 5.11 Å². The van der Waals surface area contributed by atoms with E-state index in [-0.39, 0.29) is 18.2 Å². The number of hydrogen-bond acceptors (Lipinski definition) is 3. The van der Waals surface area contributed by atoms with Gasteiger partial charge in [0.25, 0.3) is 0 Å². The fourth-order valence-electron chi connectivity index (χ4n) is 5.04. The largest absolute Gasteiger partial charge is 0.392 e. The summed E-state index contributed by atoms with van der Waals surface area (Å²) in [6.45, 7) is 14.9. The van der Waals surface area contributed by atoms with Crippen molar-refractivity contribution in [3.05, 3.63) is 24.4 Å². The monoisotopic (exact) mass is 406 g/mol. The number of aliphatic hydroxyl groups excluding tert-OH is 1. The Morgan fingerprint density at radius 2 is 1.97 bits per heavy atom. The maximum atomic E-state index is 9.14. The zero-order chi connectivity index (χ0) is 21.5. The van der Waals surface area contributed by atoms with Gasteiger partial charge in [-0.3, -0.25) is 0 Å². The Hall–Kier alpha value is -0.800. The molecule has 0 aromatic carbocycles. The molecule has 0 radical (unpaired) electrons. The lowest BCUT2D eigenvalue weighted by molar-refractivity contribution is 0.188. The molecule has 3 nitrogen and oxygen atoms in total. The standard InChI is InChI=1S/C26H50N2O/c1-6-8-9-10-12-18-27-23(4)25(16-11-13-19-29)28-26(5)17-14-15-24(7-2)20-22(3)21-26/h11,13,22,24-25,27-29H,4,6-10,12,14-21H2,1-3,5H3/b13-11+. The molecule has 0 amide bonds. The Balaban J connectivity index is 2.65. The molecule has 3 heteroatoms. The van der Waals surface area contributed by atoms with E-state index in [0.717, 1.165) is 30.5 Å². The van der Waals surface area contributed by atoms with Crippen LogP contribution in [0.1, 0.15) is 105 Å². The molecule has 0 aromatic rings. The highest BCUT2D eigenvalue weighted by molar-refractivity contribution is 5.09. The van der Waals surface area contributed by atoms with Crippen LogP contribution in [-0.4, -0.2) is 29.8 Å². The summed E-state index contributed by atoms with van der Waals surface area (Å²) >= 11 is 0. The average molecular weight is 407 g/mol. The summed E-state index contributed by atoms with van der Waals surface area (Å²) in [5, 5.41) is 16.7. The van der Waals surface area contributed by atoms with Crippen LogP contribution in [0.15, 0.2) is 24.4 Å². The van der Waals surface area contributed by atoms with Gasteiger partial charge >= 0.3 is 0 Å². The van der Waals surface area contributed by atoms with Crippen LogP contribution < -0.4 is 10.6 Å². The molecule has 0 bridgehead atoms. The lowest BCUT2D eigenvalue weighted by atomic mass is 9.76. The van der Waals surface area contributed by atoms with Gasteiger partial charge in [0.15, 0.2) is 0 Å². The van der Waals surface area contributed by atoms with Gasteiger partial charge in [0.05, 0.1) is 12.6 Å². The second kappa shape index (κ2) is 15.1. The van der Waals surface area contributed by atoms with Crippen LogP contribution in [-0.2, 0) is 0 Å². The Bertz CT molecular complexity index is 462. The van der Waals surface area contributed by atoms with Crippen LogP contribution in [0.4, 0.5) is 0 Å². The first-order valence-electron chi connectivity index (χ1n) is 12.4. The zero-order valence-corrected chi connectivity index (χ0v) is 19.9. The molecule has 3 N–H and O–H groups in total. The maximum Gasteiger partial charge on any atom is 0.0612 e. The van der Waals surface area contributed by atoms with E-state index in [0.29, 0.717) is 0 Å². The molecule has 4 unspecified atom stereocenters. The van der Waals surface area contributed by atoms with E-state index in [9.17, 15) is 0 Å². The van der Waals surface area contributed by atoms with Crippen molar-refractivity contribution in [1.82, 2.24) is 10.6 Å². The molecule has 0 aromatic heterocycles. The molecule has 1 aliphatic carbocycles. The number of nitrogens with one attached hydrogen (secondary N) is 2. The lowest BCUT2D eigenvalue weighted by Gasteiger charge is -2.40. The second-order valence-corrected chi connectivity index (χ2v) is 9.72.